The molecule has 0 atom stereocenters. The third kappa shape index (κ3) is 6.12. The molecule has 0 bridgehead atoms. The third-order valence-electron chi connectivity index (χ3n) is 18.2. The summed E-state index contributed by atoms with van der Waals surface area (Å²) < 4.78 is 4.40. The molecule has 0 unspecified atom stereocenters. The summed E-state index contributed by atoms with van der Waals surface area (Å²) in [4.78, 5) is 5.55. The highest BCUT2D eigenvalue weighted by atomic mass is 15.2. The summed E-state index contributed by atoms with van der Waals surface area (Å²) in [6, 6.07) is 76.0. The van der Waals surface area contributed by atoms with Crippen LogP contribution in [0.4, 0.5) is 0 Å². The average Bonchev–Trinajstić information content (AvgIpc) is 4.03. The van der Waals surface area contributed by atoms with Crippen molar-refractivity contribution in [1.29, 1.82) is 0 Å². The molecule has 0 saturated carbocycles. The Hall–Kier alpha value is -8.75. The van der Waals surface area contributed by atoms with E-state index in [1.165, 1.54) is 145 Å². The molecule has 1 aromatic heterocycles. The Kier molecular flexibility index (Phi) is 10.2. The molecule has 9 aromatic carbocycles. The predicted octanol–water partition coefficient (Wildman–Crippen LogP) is 16.5. The highest BCUT2D eigenvalue weighted by molar-refractivity contribution is 5.93. The molecular formula is C74H61N3+2. The van der Waals surface area contributed by atoms with Gasteiger partial charge in [0.2, 0.25) is 12.4 Å². The van der Waals surface area contributed by atoms with Crippen molar-refractivity contribution >= 4 is 6.01 Å². The number of aryl methyl sites for hydroxylation is 8. The van der Waals surface area contributed by atoms with Crippen molar-refractivity contribution in [2.45, 2.75) is 71.8 Å². The fourth-order valence-electron chi connectivity index (χ4n) is 15.1. The minimum Gasteiger partial charge on any atom is -0.260 e. The average molecular weight is 992 g/mol. The Morgan fingerprint density at radius 2 is 0.675 bits per heavy atom. The van der Waals surface area contributed by atoms with E-state index in [0.717, 1.165) is 5.69 Å². The topological polar surface area (TPSA) is 18.9 Å². The maximum Gasteiger partial charge on any atom is 0.490 e. The van der Waals surface area contributed by atoms with Crippen LogP contribution in [0.3, 0.4) is 0 Å². The third-order valence-corrected chi connectivity index (χ3v) is 18.2. The van der Waals surface area contributed by atoms with Crippen LogP contribution in [0.1, 0.15) is 106 Å². The number of fused-ring (bicyclic) bond motifs is 9. The van der Waals surface area contributed by atoms with Gasteiger partial charge in [-0.3, -0.25) is 4.98 Å². The fraction of sp³-hybridized carbons (Fsp3) is 0.162. The molecule has 0 spiro atoms. The molecule has 0 fully saturated rings. The summed E-state index contributed by atoms with van der Waals surface area (Å²) in [7, 11) is 2.08. The second-order valence-electron chi connectivity index (χ2n) is 22.4. The van der Waals surface area contributed by atoms with Gasteiger partial charge in [0.05, 0.1) is 16.5 Å². The minimum atomic E-state index is -0.769. The van der Waals surface area contributed by atoms with Crippen molar-refractivity contribution < 1.29 is 9.15 Å². The summed E-state index contributed by atoms with van der Waals surface area (Å²) in [5.74, 6) is 0. The number of aromatic nitrogens is 1. The lowest BCUT2D eigenvalue weighted by Crippen LogP contribution is -2.38. The molecule has 370 valence electrons. The van der Waals surface area contributed by atoms with Crippen LogP contribution in [0.5, 0.6) is 0 Å². The van der Waals surface area contributed by atoms with E-state index in [1.807, 2.05) is 6.20 Å². The summed E-state index contributed by atoms with van der Waals surface area (Å²) >= 11 is 0. The van der Waals surface area contributed by atoms with E-state index in [2.05, 4.69) is 278 Å². The zero-order valence-corrected chi connectivity index (χ0v) is 45.5. The van der Waals surface area contributed by atoms with Crippen LogP contribution in [-0.2, 0) is 16.4 Å². The zero-order valence-electron chi connectivity index (χ0n) is 45.5. The Balaban J connectivity index is 1.11. The molecule has 0 saturated heterocycles. The van der Waals surface area contributed by atoms with Crippen LogP contribution in [0.15, 0.2) is 207 Å². The van der Waals surface area contributed by atoms with Gasteiger partial charge in [-0.1, -0.05) is 179 Å². The number of benzene rings is 9. The predicted molar refractivity (Wildman–Crippen MR) is 315 cm³/mol. The lowest BCUT2D eigenvalue weighted by atomic mass is 9.64. The highest BCUT2D eigenvalue weighted by Crippen LogP contribution is 2.62. The molecule has 0 N–H and O–H groups in total. The Morgan fingerprint density at radius 1 is 0.338 bits per heavy atom. The van der Waals surface area contributed by atoms with Gasteiger partial charge in [-0.05, 0) is 202 Å². The quantitative estimate of drug-likeness (QED) is 0.146. The maximum absolute atomic E-state index is 5.55. The van der Waals surface area contributed by atoms with E-state index in [-0.39, 0.29) is 0 Å². The molecule has 0 radical (unpaired) electrons. The van der Waals surface area contributed by atoms with Gasteiger partial charge in [-0.2, -0.15) is 0 Å². The van der Waals surface area contributed by atoms with Gasteiger partial charge in [0.15, 0.2) is 7.05 Å². The maximum atomic E-state index is 5.55. The number of hydrogen-bond acceptors (Lipinski definition) is 1. The number of rotatable bonds is 7. The van der Waals surface area contributed by atoms with E-state index >= 15 is 0 Å². The molecule has 0 amide bonds. The standard InChI is InChI=1S/C74H61N3/c1-45-19-10-20-46(2)65(45)53-37-38-75-64(41-53)73(60-33-13-23-49(5)68(60)69-50(6)24-14-34-61(69)73)56-29-17-27-54(42-56)72(58-31-11-21-47(3)66(58)67-48(4)22-12-32-59(67)72)55-28-18-30-57(43-55)74(77-40-39-76(9)44-77)62-35-15-25-51(7)70(62)71-52(8)26-16-36-63(71)74/h10-43H,1-9H3/q+2. The van der Waals surface area contributed by atoms with Crippen molar-refractivity contribution in [3.8, 4) is 44.5 Å². The molecule has 2 heterocycles. The van der Waals surface area contributed by atoms with Crippen LogP contribution in [0.2, 0.25) is 0 Å². The van der Waals surface area contributed by atoms with E-state index in [1.54, 1.807) is 0 Å². The van der Waals surface area contributed by atoms with E-state index < -0.39 is 16.4 Å². The summed E-state index contributed by atoms with van der Waals surface area (Å²) in [5.41, 5.74) is 31.7. The molecule has 1 aliphatic heterocycles. The SMILES string of the molecule is Cc1cccc(C)c1-c1ccnc(C2(c3cccc(C4(c5cccc(C6([N+]7=C=[N+](C)C=C7)c7cccc(C)c7-c7c(C)cccc76)c5)c5cccc(C)c5-c5c(C)cccc54)c3)c3cccc(C)c3-c3c(C)cccc32)c1. The Bertz CT molecular complexity index is 4150. The first-order chi connectivity index (χ1) is 37.4. The number of nitrogens with zero attached hydrogens (tertiary/aromatic N) is 3. The van der Waals surface area contributed by atoms with Crippen molar-refractivity contribution in [2.24, 2.45) is 0 Å². The van der Waals surface area contributed by atoms with Crippen LogP contribution >= 0.6 is 0 Å². The first kappa shape index (κ1) is 46.8. The first-order valence-corrected chi connectivity index (χ1v) is 27.2. The fourth-order valence-corrected chi connectivity index (χ4v) is 15.1. The van der Waals surface area contributed by atoms with Crippen molar-refractivity contribution in [1.82, 2.24) is 4.98 Å². The lowest BCUT2D eigenvalue weighted by molar-refractivity contribution is -0.533. The van der Waals surface area contributed by atoms with E-state index in [9.17, 15) is 0 Å². The number of pyridine rings is 1. The van der Waals surface area contributed by atoms with Gasteiger partial charge in [-0.15, -0.1) is 0 Å². The van der Waals surface area contributed by atoms with E-state index in [4.69, 9.17) is 4.98 Å². The largest absolute Gasteiger partial charge is 0.490 e. The van der Waals surface area contributed by atoms with Gasteiger partial charge >= 0.3 is 6.01 Å². The van der Waals surface area contributed by atoms with Gasteiger partial charge < -0.3 is 0 Å². The molecule has 10 aromatic rings. The Morgan fingerprint density at radius 3 is 1.10 bits per heavy atom. The van der Waals surface area contributed by atoms with Crippen LogP contribution < -0.4 is 0 Å². The minimum absolute atomic E-state index is 0.727. The molecule has 77 heavy (non-hydrogen) atoms. The second-order valence-corrected chi connectivity index (χ2v) is 22.4. The highest BCUT2D eigenvalue weighted by Gasteiger charge is 2.58. The molecule has 3 nitrogen and oxygen atoms in total. The van der Waals surface area contributed by atoms with Gasteiger partial charge in [-0.25, -0.2) is 0 Å². The second kappa shape index (κ2) is 16.9. The van der Waals surface area contributed by atoms with Crippen LogP contribution in [0.25, 0.3) is 44.5 Å². The van der Waals surface area contributed by atoms with E-state index in [0.29, 0.717) is 0 Å². The van der Waals surface area contributed by atoms with Gasteiger partial charge in [0.1, 0.15) is 0 Å². The smallest absolute Gasteiger partial charge is 0.260 e. The summed E-state index contributed by atoms with van der Waals surface area (Å²) in [6.45, 7) is 18.2. The molecule has 3 heteroatoms. The van der Waals surface area contributed by atoms with Crippen molar-refractivity contribution in [3.63, 3.8) is 0 Å². The van der Waals surface area contributed by atoms with Gasteiger partial charge in [0, 0.05) is 22.9 Å². The zero-order chi connectivity index (χ0) is 52.7. The monoisotopic (exact) mass is 991 g/mol. The summed E-state index contributed by atoms with van der Waals surface area (Å²) in [5, 5.41) is 0. The van der Waals surface area contributed by atoms with Crippen molar-refractivity contribution in [3.05, 3.63) is 312 Å². The number of hydrogen-bond donors (Lipinski definition) is 0. The first-order valence-electron chi connectivity index (χ1n) is 27.2. The van der Waals surface area contributed by atoms with Crippen LogP contribution in [-0.4, -0.2) is 27.2 Å². The summed E-state index contributed by atoms with van der Waals surface area (Å²) in [6.07, 6.45) is 6.39. The molecule has 4 aliphatic rings. The van der Waals surface area contributed by atoms with Crippen LogP contribution in [0, 0.1) is 55.4 Å². The Labute approximate surface area is 453 Å². The molecular weight excluding hydrogens is 931 g/mol. The molecule has 3 aliphatic carbocycles. The van der Waals surface area contributed by atoms with Crippen molar-refractivity contribution in [2.75, 3.05) is 7.05 Å². The van der Waals surface area contributed by atoms with Gasteiger partial charge in [0.25, 0.3) is 5.54 Å². The normalized spacial score (nSPS) is 15.3. The molecule has 14 rings (SSSR count). The lowest BCUT2D eigenvalue weighted by Gasteiger charge is -2.38.